The summed E-state index contributed by atoms with van der Waals surface area (Å²) in [6, 6.07) is 4.13. The van der Waals surface area contributed by atoms with Crippen molar-refractivity contribution in [3.63, 3.8) is 0 Å². The number of nitrogen functional groups attached to an aromatic ring is 1. The van der Waals surface area contributed by atoms with Gasteiger partial charge in [0.1, 0.15) is 18.1 Å². The van der Waals surface area contributed by atoms with E-state index in [2.05, 4.69) is 9.72 Å². The maximum absolute atomic E-state index is 12.6. The first kappa shape index (κ1) is 21.3. The number of sulfone groups is 1. The number of ether oxygens (including phenoxy) is 1. The van der Waals surface area contributed by atoms with Gasteiger partial charge in [0.15, 0.2) is 5.78 Å². The van der Waals surface area contributed by atoms with Crippen LogP contribution >= 0.6 is 0 Å². The predicted molar refractivity (Wildman–Crippen MR) is 85.9 cm³/mol. The molecular weight excluding hydrogens is 407 g/mol. The number of amides is 1. The maximum Gasteiger partial charge on any atom is 0.573 e. The normalized spacial score (nSPS) is 11.8. The summed E-state index contributed by atoms with van der Waals surface area (Å²) >= 11 is 0. The Morgan fingerprint density at radius 2 is 1.79 bits per heavy atom. The van der Waals surface area contributed by atoms with Crippen LogP contribution in [0, 0.1) is 0 Å². The van der Waals surface area contributed by atoms with Gasteiger partial charge < -0.3 is 9.84 Å². The summed E-state index contributed by atoms with van der Waals surface area (Å²) in [7, 11) is -4.31. The molecule has 0 saturated carbocycles. The van der Waals surface area contributed by atoms with Crippen LogP contribution in [-0.4, -0.2) is 43.2 Å². The summed E-state index contributed by atoms with van der Waals surface area (Å²) in [5, 5.41) is 9.01. The summed E-state index contributed by atoms with van der Waals surface area (Å²) in [6.07, 6.45) is -4.17. The van der Waals surface area contributed by atoms with Gasteiger partial charge in [0.05, 0.1) is 15.4 Å². The number of aliphatic hydroxyl groups is 1. The minimum absolute atomic E-state index is 0.415. The molecule has 0 aliphatic rings. The Bertz CT molecular complexity index is 1010. The Hall–Kier alpha value is -3.03. The SMILES string of the molecule is NNC(=O)c1ncc(S(=O)(=O)c2ccc(OC(F)(F)F)cc2)cc1C(=O)CO. The Kier molecular flexibility index (Phi) is 6.01. The monoisotopic (exact) mass is 419 g/mol. The molecule has 0 bridgehead atoms. The third-order valence-electron chi connectivity index (χ3n) is 3.33. The number of aromatic nitrogens is 1. The number of nitrogens with two attached hydrogens (primary N) is 1. The molecule has 1 amide bonds. The van der Waals surface area contributed by atoms with Crippen LogP contribution in [0.15, 0.2) is 46.3 Å². The van der Waals surface area contributed by atoms with Gasteiger partial charge in [-0.2, -0.15) is 0 Å². The quantitative estimate of drug-likeness (QED) is 0.267. The number of hydrogen-bond acceptors (Lipinski definition) is 8. The fourth-order valence-electron chi connectivity index (χ4n) is 2.10. The molecule has 13 heteroatoms. The molecule has 28 heavy (non-hydrogen) atoms. The van der Waals surface area contributed by atoms with Crippen molar-refractivity contribution >= 4 is 21.5 Å². The highest BCUT2D eigenvalue weighted by Gasteiger charge is 2.31. The molecule has 0 atom stereocenters. The Morgan fingerprint density at radius 1 is 1.18 bits per heavy atom. The highest BCUT2D eigenvalue weighted by Crippen LogP contribution is 2.27. The zero-order valence-electron chi connectivity index (χ0n) is 13.7. The first-order valence-electron chi connectivity index (χ1n) is 7.25. The van der Waals surface area contributed by atoms with E-state index in [0.29, 0.717) is 0 Å². The molecule has 0 unspecified atom stereocenters. The number of pyridine rings is 1. The highest BCUT2D eigenvalue weighted by atomic mass is 32.2. The molecule has 9 nitrogen and oxygen atoms in total. The van der Waals surface area contributed by atoms with Crippen LogP contribution in [0.1, 0.15) is 20.8 Å². The van der Waals surface area contributed by atoms with Crippen LogP contribution in [0.3, 0.4) is 0 Å². The van der Waals surface area contributed by atoms with Crippen LogP contribution < -0.4 is 16.0 Å². The standard InChI is InChI=1S/C15H12F3N3O6S/c16-15(17,18)27-8-1-3-9(4-2-8)28(25,26)10-5-11(12(23)7-22)13(20-6-10)14(24)21-19/h1-6,22H,7,19H2,(H,21,24). The first-order chi connectivity index (χ1) is 13.0. The molecule has 0 aliphatic heterocycles. The van der Waals surface area contributed by atoms with Crippen molar-refractivity contribution in [2.45, 2.75) is 16.2 Å². The Balaban J connectivity index is 2.48. The van der Waals surface area contributed by atoms with Crippen molar-refractivity contribution in [1.82, 2.24) is 10.4 Å². The number of carbonyl (C=O) groups is 2. The van der Waals surface area contributed by atoms with Crippen molar-refractivity contribution < 1.29 is 41.0 Å². The van der Waals surface area contributed by atoms with Crippen LogP contribution in [0.5, 0.6) is 5.75 Å². The molecule has 0 saturated heterocycles. The van der Waals surface area contributed by atoms with Gasteiger partial charge in [-0.1, -0.05) is 0 Å². The van der Waals surface area contributed by atoms with Crippen molar-refractivity contribution in [2.75, 3.05) is 6.61 Å². The molecule has 4 N–H and O–H groups in total. The largest absolute Gasteiger partial charge is 0.573 e. The smallest absolute Gasteiger partial charge is 0.406 e. The van der Waals surface area contributed by atoms with Gasteiger partial charge in [0, 0.05) is 6.20 Å². The number of hydrogen-bond donors (Lipinski definition) is 3. The Labute approximate surface area is 155 Å². The Morgan fingerprint density at radius 3 is 2.29 bits per heavy atom. The lowest BCUT2D eigenvalue weighted by molar-refractivity contribution is -0.274. The number of hydrazine groups is 1. The number of rotatable bonds is 6. The van der Waals surface area contributed by atoms with E-state index in [1.165, 1.54) is 0 Å². The average Bonchev–Trinajstić information content (AvgIpc) is 2.65. The maximum atomic E-state index is 12.6. The molecule has 0 aliphatic carbocycles. The number of aliphatic hydroxyl groups excluding tert-OH is 1. The minimum atomic E-state index is -4.94. The number of carbonyl (C=O) groups excluding carboxylic acids is 2. The second-order valence-corrected chi connectivity index (χ2v) is 7.09. The van der Waals surface area contributed by atoms with E-state index in [-0.39, 0.29) is 0 Å². The lowest BCUT2D eigenvalue weighted by Gasteiger charge is -2.11. The molecule has 1 aromatic carbocycles. The summed E-state index contributed by atoms with van der Waals surface area (Å²) in [4.78, 5) is 26.1. The first-order valence-corrected chi connectivity index (χ1v) is 8.74. The van der Waals surface area contributed by atoms with Gasteiger partial charge in [0.2, 0.25) is 9.84 Å². The van der Waals surface area contributed by atoms with E-state index < -0.39 is 61.3 Å². The van der Waals surface area contributed by atoms with Gasteiger partial charge in [-0.15, -0.1) is 13.2 Å². The van der Waals surface area contributed by atoms with E-state index in [1.54, 1.807) is 5.43 Å². The highest BCUT2D eigenvalue weighted by molar-refractivity contribution is 7.91. The third kappa shape index (κ3) is 4.62. The molecule has 150 valence electrons. The molecule has 0 fully saturated rings. The zero-order chi connectivity index (χ0) is 21.1. The molecular formula is C15H12F3N3O6S. The predicted octanol–water partition coefficient (Wildman–Crippen LogP) is 0.591. The molecule has 1 aromatic heterocycles. The number of alkyl halides is 3. The van der Waals surface area contributed by atoms with E-state index in [0.717, 1.165) is 36.5 Å². The van der Waals surface area contributed by atoms with Gasteiger partial charge in [-0.25, -0.2) is 19.2 Å². The summed E-state index contributed by atoms with van der Waals surface area (Å²) in [5.41, 5.74) is 0.723. The van der Waals surface area contributed by atoms with Crippen molar-refractivity contribution in [1.29, 1.82) is 0 Å². The van der Waals surface area contributed by atoms with Gasteiger partial charge in [-0.3, -0.25) is 15.0 Å². The molecule has 1 heterocycles. The van der Waals surface area contributed by atoms with Gasteiger partial charge in [-0.05, 0) is 30.3 Å². The average molecular weight is 419 g/mol. The van der Waals surface area contributed by atoms with Gasteiger partial charge in [0.25, 0.3) is 5.91 Å². The lowest BCUT2D eigenvalue weighted by atomic mass is 10.1. The van der Waals surface area contributed by atoms with Crippen molar-refractivity contribution in [3.05, 3.63) is 47.8 Å². The van der Waals surface area contributed by atoms with Crippen LogP contribution in [-0.2, 0) is 9.84 Å². The zero-order valence-corrected chi connectivity index (χ0v) is 14.5. The number of Topliss-reactive ketones (excluding diaryl/α,β-unsaturated/α-hetero) is 1. The summed E-state index contributed by atoms with van der Waals surface area (Å²) < 4.78 is 65.5. The minimum Gasteiger partial charge on any atom is -0.406 e. The summed E-state index contributed by atoms with van der Waals surface area (Å²) in [5.74, 6) is 2.35. The van der Waals surface area contributed by atoms with Gasteiger partial charge >= 0.3 is 6.36 Å². The number of ketones is 1. The third-order valence-corrected chi connectivity index (χ3v) is 5.07. The van der Waals surface area contributed by atoms with Crippen molar-refractivity contribution in [3.8, 4) is 5.75 Å². The summed E-state index contributed by atoms with van der Waals surface area (Å²) in [6.45, 7) is -1.03. The molecule has 0 spiro atoms. The van der Waals surface area contributed by atoms with E-state index in [4.69, 9.17) is 10.9 Å². The van der Waals surface area contributed by atoms with Crippen LogP contribution in [0.4, 0.5) is 13.2 Å². The second-order valence-electron chi connectivity index (χ2n) is 5.14. The fraction of sp³-hybridized carbons (Fsp3) is 0.133. The number of nitrogens with zero attached hydrogens (tertiary/aromatic N) is 1. The van der Waals surface area contributed by atoms with E-state index >= 15 is 0 Å². The second kappa shape index (κ2) is 7.92. The number of benzene rings is 1. The molecule has 2 rings (SSSR count). The molecule has 2 aromatic rings. The number of nitrogens with one attached hydrogen (secondary N) is 1. The topological polar surface area (TPSA) is 149 Å². The lowest BCUT2D eigenvalue weighted by Crippen LogP contribution is -2.32. The van der Waals surface area contributed by atoms with Crippen molar-refractivity contribution in [2.24, 2.45) is 5.84 Å². The van der Waals surface area contributed by atoms with E-state index in [9.17, 15) is 31.2 Å². The van der Waals surface area contributed by atoms with Crippen LogP contribution in [0.2, 0.25) is 0 Å². The molecule has 0 radical (unpaired) electrons. The fourth-order valence-corrected chi connectivity index (χ4v) is 3.33. The number of halogens is 3. The van der Waals surface area contributed by atoms with E-state index in [1.807, 2.05) is 0 Å². The van der Waals surface area contributed by atoms with Crippen LogP contribution in [0.25, 0.3) is 0 Å².